The van der Waals surface area contributed by atoms with E-state index in [9.17, 15) is 9.59 Å². The number of benzene rings is 1. The van der Waals surface area contributed by atoms with Crippen molar-refractivity contribution in [2.24, 2.45) is 0 Å². The Labute approximate surface area is 140 Å². The minimum atomic E-state index is -0.434. The molecule has 1 aliphatic heterocycles. The molecule has 23 heavy (non-hydrogen) atoms. The molecule has 0 atom stereocenters. The second kappa shape index (κ2) is 5.33. The largest absolute Gasteiger partial charge is 0.334 e. The van der Waals surface area contributed by atoms with Crippen LogP contribution in [0.15, 0.2) is 33.9 Å². The number of likely N-dealkylation sites (N-methyl/N-ethyl adjacent to an activating group) is 1. The number of hydrogen-bond acceptors (Lipinski definition) is 4. The highest BCUT2D eigenvalue weighted by Crippen LogP contribution is 2.31. The second-order valence-electron chi connectivity index (χ2n) is 5.75. The van der Waals surface area contributed by atoms with Crippen LogP contribution < -0.4 is 11.2 Å². The second-order valence-corrected chi connectivity index (χ2v) is 7.29. The molecule has 0 spiro atoms. The first-order chi connectivity index (χ1) is 11.0. The number of aromatic nitrogens is 2. The van der Waals surface area contributed by atoms with Crippen LogP contribution in [0.2, 0.25) is 5.02 Å². The molecule has 1 aliphatic rings. The molecular weight excluding hydrogens is 334 g/mol. The summed E-state index contributed by atoms with van der Waals surface area (Å²) in [6, 6.07) is 6.77. The number of H-pyrrole nitrogens is 1. The number of rotatable bonds is 1. The number of nitrogens with one attached hydrogen (secondary N) is 1. The average Bonchev–Trinajstić information content (AvgIpc) is 2.84. The van der Waals surface area contributed by atoms with E-state index in [0.29, 0.717) is 20.9 Å². The van der Waals surface area contributed by atoms with E-state index >= 15 is 0 Å². The highest BCUT2D eigenvalue weighted by Gasteiger charge is 2.23. The van der Waals surface area contributed by atoms with Gasteiger partial charge in [-0.1, -0.05) is 17.7 Å². The molecule has 2 aromatic heterocycles. The molecule has 1 aromatic carbocycles. The van der Waals surface area contributed by atoms with Gasteiger partial charge in [0.05, 0.1) is 11.1 Å². The van der Waals surface area contributed by atoms with Crippen molar-refractivity contribution in [2.45, 2.75) is 13.0 Å². The van der Waals surface area contributed by atoms with E-state index in [0.717, 1.165) is 30.0 Å². The lowest BCUT2D eigenvalue weighted by molar-refractivity contribution is 0.318. The van der Waals surface area contributed by atoms with Crippen LogP contribution in [0.3, 0.4) is 0 Å². The van der Waals surface area contributed by atoms with Crippen LogP contribution in [0, 0.1) is 0 Å². The van der Waals surface area contributed by atoms with E-state index < -0.39 is 5.69 Å². The summed E-state index contributed by atoms with van der Waals surface area (Å²) in [6.07, 6.45) is 0.822. The summed E-state index contributed by atoms with van der Waals surface area (Å²) in [5, 5.41) is 1.13. The molecule has 4 rings (SSSR count). The minimum absolute atomic E-state index is 0.270. The van der Waals surface area contributed by atoms with E-state index in [1.54, 1.807) is 24.3 Å². The first kappa shape index (κ1) is 14.7. The maximum absolute atomic E-state index is 13.0. The number of halogens is 1. The highest BCUT2D eigenvalue weighted by atomic mass is 35.5. The summed E-state index contributed by atoms with van der Waals surface area (Å²) in [7, 11) is 2.06. The normalized spacial score (nSPS) is 15.0. The van der Waals surface area contributed by atoms with Crippen LogP contribution in [-0.2, 0) is 13.0 Å². The lowest BCUT2D eigenvalue weighted by Gasteiger charge is -2.21. The Morgan fingerprint density at radius 2 is 2.13 bits per heavy atom. The molecule has 118 valence electrons. The Morgan fingerprint density at radius 1 is 1.30 bits per heavy atom. The van der Waals surface area contributed by atoms with Gasteiger partial charge in [-0.05, 0) is 37.2 Å². The summed E-state index contributed by atoms with van der Waals surface area (Å²) in [5.74, 6) is 0. The van der Waals surface area contributed by atoms with Gasteiger partial charge in [-0.15, -0.1) is 11.3 Å². The van der Waals surface area contributed by atoms with Gasteiger partial charge in [0.1, 0.15) is 4.83 Å². The fourth-order valence-corrected chi connectivity index (χ4v) is 4.55. The fraction of sp³-hybridized carbons (Fsp3) is 0.250. The van der Waals surface area contributed by atoms with E-state index in [4.69, 9.17) is 11.6 Å². The molecule has 0 saturated heterocycles. The van der Waals surface area contributed by atoms with E-state index in [1.807, 2.05) is 0 Å². The standard InChI is InChI=1S/C16H14ClN3O2S/c1-19-6-5-11-12(8-19)23-14-13(11)15(21)20(16(22)18-14)10-4-2-3-9(17)7-10/h2-4,7H,5-6,8H2,1H3,(H,18,22). The maximum atomic E-state index is 13.0. The minimum Gasteiger partial charge on any atom is -0.301 e. The average molecular weight is 348 g/mol. The van der Waals surface area contributed by atoms with Crippen LogP contribution in [0.1, 0.15) is 10.4 Å². The topological polar surface area (TPSA) is 58.1 Å². The van der Waals surface area contributed by atoms with Gasteiger partial charge in [0.25, 0.3) is 5.56 Å². The molecule has 0 saturated carbocycles. The van der Waals surface area contributed by atoms with Crippen molar-refractivity contribution in [1.82, 2.24) is 14.5 Å². The molecule has 0 aliphatic carbocycles. The van der Waals surface area contributed by atoms with Crippen LogP contribution in [-0.4, -0.2) is 28.0 Å². The molecule has 3 heterocycles. The molecule has 3 aromatic rings. The maximum Gasteiger partial charge on any atom is 0.334 e. The van der Waals surface area contributed by atoms with E-state index in [2.05, 4.69) is 16.9 Å². The fourth-order valence-electron chi connectivity index (χ4n) is 3.05. The smallest absolute Gasteiger partial charge is 0.301 e. The van der Waals surface area contributed by atoms with Gasteiger partial charge in [0.15, 0.2) is 0 Å². The van der Waals surface area contributed by atoms with Crippen LogP contribution in [0.5, 0.6) is 0 Å². The van der Waals surface area contributed by atoms with Crippen molar-refractivity contribution in [3.8, 4) is 5.69 Å². The van der Waals surface area contributed by atoms with Gasteiger partial charge >= 0.3 is 5.69 Å². The molecule has 0 bridgehead atoms. The van der Waals surface area contributed by atoms with Crippen LogP contribution >= 0.6 is 22.9 Å². The zero-order valence-electron chi connectivity index (χ0n) is 12.4. The summed E-state index contributed by atoms with van der Waals surface area (Å²) in [4.78, 5) is 32.3. The first-order valence-corrected chi connectivity index (χ1v) is 8.48. The molecular formula is C16H14ClN3O2S. The van der Waals surface area contributed by atoms with Gasteiger partial charge in [-0.3, -0.25) is 9.78 Å². The summed E-state index contributed by atoms with van der Waals surface area (Å²) in [5.41, 5.74) is 0.850. The predicted octanol–water partition coefficient (Wildman–Crippen LogP) is 2.38. The Balaban J connectivity index is 2.04. The van der Waals surface area contributed by atoms with Crippen molar-refractivity contribution in [1.29, 1.82) is 0 Å². The summed E-state index contributed by atoms with van der Waals surface area (Å²) >= 11 is 7.50. The molecule has 0 amide bonds. The highest BCUT2D eigenvalue weighted by molar-refractivity contribution is 7.18. The SMILES string of the molecule is CN1CCc2c(sc3[nH]c(=O)n(-c4cccc(Cl)c4)c(=O)c23)C1. The van der Waals surface area contributed by atoms with Crippen LogP contribution in [0.25, 0.3) is 15.9 Å². The van der Waals surface area contributed by atoms with Crippen molar-refractivity contribution in [3.05, 3.63) is 60.6 Å². The Kier molecular flexibility index (Phi) is 3.41. The molecule has 0 radical (unpaired) electrons. The quantitative estimate of drug-likeness (QED) is 0.735. The lowest BCUT2D eigenvalue weighted by Crippen LogP contribution is -2.34. The zero-order chi connectivity index (χ0) is 16.1. The van der Waals surface area contributed by atoms with Gasteiger partial charge in [-0.2, -0.15) is 0 Å². The van der Waals surface area contributed by atoms with Gasteiger partial charge in [0, 0.05) is 23.0 Å². The molecule has 1 N–H and O–H groups in total. The Hall–Kier alpha value is -1.89. The number of thiophene rings is 1. The lowest BCUT2D eigenvalue weighted by atomic mass is 10.1. The van der Waals surface area contributed by atoms with Crippen molar-refractivity contribution < 1.29 is 0 Å². The third-order valence-electron chi connectivity index (χ3n) is 4.15. The summed E-state index contributed by atoms with van der Waals surface area (Å²) < 4.78 is 1.17. The van der Waals surface area contributed by atoms with Crippen molar-refractivity contribution in [2.75, 3.05) is 13.6 Å². The number of aromatic amines is 1. The van der Waals surface area contributed by atoms with Gasteiger partial charge in [-0.25, -0.2) is 9.36 Å². The van der Waals surface area contributed by atoms with E-state index in [1.165, 1.54) is 15.9 Å². The Morgan fingerprint density at radius 3 is 2.91 bits per heavy atom. The third kappa shape index (κ3) is 2.34. The number of fused-ring (bicyclic) bond motifs is 3. The first-order valence-electron chi connectivity index (χ1n) is 7.28. The van der Waals surface area contributed by atoms with Crippen molar-refractivity contribution in [3.63, 3.8) is 0 Å². The third-order valence-corrected chi connectivity index (χ3v) is 5.52. The van der Waals surface area contributed by atoms with Gasteiger partial charge in [0.2, 0.25) is 0 Å². The number of hydrogen-bond donors (Lipinski definition) is 1. The van der Waals surface area contributed by atoms with Crippen LogP contribution in [0.4, 0.5) is 0 Å². The zero-order valence-corrected chi connectivity index (χ0v) is 14.0. The molecule has 5 nitrogen and oxygen atoms in total. The predicted molar refractivity (Wildman–Crippen MR) is 93.1 cm³/mol. The molecule has 0 unspecified atom stereocenters. The Bertz CT molecular complexity index is 1030. The number of nitrogens with zero attached hydrogens (tertiary/aromatic N) is 2. The summed E-state index contributed by atoms with van der Waals surface area (Å²) in [6.45, 7) is 1.72. The molecule has 0 fully saturated rings. The van der Waals surface area contributed by atoms with E-state index in [-0.39, 0.29) is 5.56 Å². The van der Waals surface area contributed by atoms with Gasteiger partial charge < -0.3 is 4.90 Å². The molecule has 7 heteroatoms. The van der Waals surface area contributed by atoms with Crippen molar-refractivity contribution >= 4 is 33.2 Å². The monoisotopic (exact) mass is 347 g/mol.